The second-order valence-electron chi connectivity index (χ2n) is 4.62. The van der Waals surface area contributed by atoms with E-state index >= 15 is 0 Å². The summed E-state index contributed by atoms with van der Waals surface area (Å²) in [5.41, 5.74) is 1.22. The third-order valence-electron chi connectivity index (χ3n) is 3.19. The molecule has 1 fully saturated rings. The quantitative estimate of drug-likeness (QED) is 0.795. The Morgan fingerprint density at radius 1 is 1.24 bits per heavy atom. The molecular weight excluding hydrogens is 319 g/mol. The van der Waals surface area contributed by atoms with Crippen LogP contribution in [0, 0.1) is 17.5 Å². The van der Waals surface area contributed by atoms with Gasteiger partial charge in [-0.25, -0.2) is 13.2 Å². The molecule has 7 heteroatoms. The van der Waals surface area contributed by atoms with Crippen LogP contribution in [0.2, 0.25) is 0 Å². The topological polar surface area (TPSA) is 20.3 Å². The molecule has 0 saturated carbocycles. The molecule has 2 nitrogen and oxygen atoms in total. The van der Waals surface area contributed by atoms with E-state index in [2.05, 4.69) is 0 Å². The molecule has 1 atom stereocenters. The average molecular weight is 329 g/mol. The van der Waals surface area contributed by atoms with Gasteiger partial charge < -0.3 is 4.90 Å². The van der Waals surface area contributed by atoms with Crippen molar-refractivity contribution in [1.82, 2.24) is 4.90 Å². The first-order chi connectivity index (χ1) is 10.1. The van der Waals surface area contributed by atoms with Gasteiger partial charge >= 0.3 is 0 Å². The van der Waals surface area contributed by atoms with Crippen molar-refractivity contribution in [3.8, 4) is 0 Å². The summed E-state index contributed by atoms with van der Waals surface area (Å²) in [6.07, 6.45) is 0. The van der Waals surface area contributed by atoms with Crippen LogP contribution in [-0.4, -0.2) is 16.6 Å². The van der Waals surface area contributed by atoms with Gasteiger partial charge in [0.25, 0.3) is 0 Å². The van der Waals surface area contributed by atoms with E-state index in [0.29, 0.717) is 5.75 Å². The fourth-order valence-electron chi connectivity index (χ4n) is 2.21. The van der Waals surface area contributed by atoms with Crippen molar-refractivity contribution >= 4 is 29.0 Å². The van der Waals surface area contributed by atoms with Crippen LogP contribution in [-0.2, 0) is 11.3 Å². The van der Waals surface area contributed by atoms with E-state index < -0.39 is 17.5 Å². The van der Waals surface area contributed by atoms with Gasteiger partial charge in [-0.1, -0.05) is 0 Å². The minimum Gasteiger partial charge on any atom is -0.321 e. The van der Waals surface area contributed by atoms with E-state index in [-0.39, 0.29) is 23.4 Å². The smallest absolute Gasteiger partial charge is 0.234 e. The SMILES string of the molecule is O=C1CSC(c2ccsc2)N1Cc1cc(F)c(F)c(F)c1. The molecule has 0 bridgehead atoms. The van der Waals surface area contributed by atoms with E-state index in [9.17, 15) is 18.0 Å². The van der Waals surface area contributed by atoms with Crippen LogP contribution < -0.4 is 0 Å². The maximum Gasteiger partial charge on any atom is 0.234 e. The van der Waals surface area contributed by atoms with Crippen LogP contribution in [0.25, 0.3) is 0 Å². The Morgan fingerprint density at radius 3 is 2.57 bits per heavy atom. The zero-order valence-electron chi connectivity index (χ0n) is 10.7. The number of carbonyl (C=O) groups excluding carboxylic acids is 1. The van der Waals surface area contributed by atoms with Crippen LogP contribution >= 0.6 is 23.1 Å². The van der Waals surface area contributed by atoms with Gasteiger partial charge in [-0.15, -0.1) is 11.8 Å². The summed E-state index contributed by atoms with van der Waals surface area (Å²) in [6, 6.07) is 3.78. The van der Waals surface area contributed by atoms with E-state index in [4.69, 9.17) is 0 Å². The zero-order chi connectivity index (χ0) is 15.0. The lowest BCUT2D eigenvalue weighted by molar-refractivity contribution is -0.128. The highest BCUT2D eigenvalue weighted by molar-refractivity contribution is 8.00. The Hall–Kier alpha value is -1.47. The third-order valence-corrected chi connectivity index (χ3v) is 5.15. The van der Waals surface area contributed by atoms with E-state index in [0.717, 1.165) is 17.7 Å². The molecule has 1 unspecified atom stereocenters. The minimum absolute atomic E-state index is 0.0560. The molecule has 1 saturated heterocycles. The van der Waals surface area contributed by atoms with E-state index in [1.54, 1.807) is 4.90 Å². The van der Waals surface area contributed by atoms with Crippen LogP contribution in [0.3, 0.4) is 0 Å². The number of hydrogen-bond donors (Lipinski definition) is 0. The number of rotatable bonds is 3. The maximum atomic E-state index is 13.3. The summed E-state index contributed by atoms with van der Waals surface area (Å²) >= 11 is 2.99. The normalized spacial score (nSPS) is 18.5. The minimum atomic E-state index is -1.49. The molecule has 3 rings (SSSR count). The van der Waals surface area contributed by atoms with Crippen molar-refractivity contribution in [2.24, 2.45) is 0 Å². The summed E-state index contributed by atoms with van der Waals surface area (Å²) in [6.45, 7) is 0.0560. The Morgan fingerprint density at radius 2 is 1.95 bits per heavy atom. The van der Waals surface area contributed by atoms with Crippen molar-refractivity contribution in [2.45, 2.75) is 11.9 Å². The molecular formula is C14H10F3NOS2. The molecule has 2 aromatic rings. The highest BCUT2D eigenvalue weighted by Crippen LogP contribution is 2.40. The number of benzene rings is 1. The fraction of sp³-hybridized carbons (Fsp3) is 0.214. The Labute approximate surface area is 127 Å². The van der Waals surface area contributed by atoms with Crippen molar-refractivity contribution in [3.05, 3.63) is 57.5 Å². The molecule has 21 heavy (non-hydrogen) atoms. The first-order valence-electron chi connectivity index (χ1n) is 6.13. The molecule has 1 aromatic carbocycles. The predicted octanol–water partition coefficient (Wildman–Crippen LogP) is 3.94. The maximum absolute atomic E-state index is 13.3. The Kier molecular flexibility index (Phi) is 3.95. The molecule has 1 aromatic heterocycles. The van der Waals surface area contributed by atoms with Gasteiger partial charge in [0.05, 0.1) is 5.75 Å². The second-order valence-corrected chi connectivity index (χ2v) is 6.46. The molecule has 1 aliphatic heterocycles. The zero-order valence-corrected chi connectivity index (χ0v) is 12.3. The first kappa shape index (κ1) is 14.5. The molecule has 2 heterocycles. The van der Waals surface area contributed by atoms with Crippen molar-refractivity contribution < 1.29 is 18.0 Å². The van der Waals surface area contributed by atoms with Gasteiger partial charge in [0, 0.05) is 6.54 Å². The number of nitrogens with zero attached hydrogens (tertiary/aromatic N) is 1. The third kappa shape index (κ3) is 2.80. The van der Waals surface area contributed by atoms with E-state index in [1.807, 2.05) is 16.8 Å². The number of carbonyl (C=O) groups is 1. The van der Waals surface area contributed by atoms with Crippen molar-refractivity contribution in [1.29, 1.82) is 0 Å². The lowest BCUT2D eigenvalue weighted by Gasteiger charge is -2.23. The monoisotopic (exact) mass is 329 g/mol. The van der Waals surface area contributed by atoms with Gasteiger partial charge in [0.1, 0.15) is 5.37 Å². The molecule has 0 N–H and O–H groups in total. The van der Waals surface area contributed by atoms with Gasteiger partial charge in [-0.3, -0.25) is 4.79 Å². The fourth-order valence-corrected chi connectivity index (χ4v) is 4.16. The largest absolute Gasteiger partial charge is 0.321 e. The second kappa shape index (κ2) is 5.73. The van der Waals surface area contributed by atoms with E-state index in [1.165, 1.54) is 23.1 Å². The van der Waals surface area contributed by atoms with Crippen LogP contribution in [0.4, 0.5) is 13.2 Å². The number of thioether (sulfide) groups is 1. The first-order valence-corrected chi connectivity index (χ1v) is 8.12. The Bertz CT molecular complexity index is 652. The molecule has 1 aliphatic rings. The lowest BCUT2D eigenvalue weighted by atomic mass is 10.1. The average Bonchev–Trinajstić information content (AvgIpc) is 3.07. The summed E-state index contributed by atoms with van der Waals surface area (Å²) in [4.78, 5) is 13.5. The number of amides is 1. The van der Waals surface area contributed by atoms with Gasteiger partial charge in [-0.2, -0.15) is 11.3 Å². The van der Waals surface area contributed by atoms with Crippen molar-refractivity contribution in [3.63, 3.8) is 0 Å². The Balaban J connectivity index is 1.87. The standard InChI is InChI=1S/C14H10F3NOS2/c15-10-3-8(4-11(16)13(10)17)5-18-12(19)7-21-14(18)9-1-2-20-6-9/h1-4,6,14H,5,7H2. The summed E-state index contributed by atoms with van der Waals surface area (Å²) in [5.74, 6) is -3.74. The summed E-state index contributed by atoms with van der Waals surface area (Å²) in [5, 5.41) is 3.68. The highest BCUT2D eigenvalue weighted by atomic mass is 32.2. The van der Waals surface area contributed by atoms with Crippen LogP contribution in [0.1, 0.15) is 16.5 Å². The highest BCUT2D eigenvalue weighted by Gasteiger charge is 2.33. The van der Waals surface area contributed by atoms with Crippen molar-refractivity contribution in [2.75, 3.05) is 5.75 Å². The van der Waals surface area contributed by atoms with Gasteiger partial charge in [-0.05, 0) is 40.1 Å². The summed E-state index contributed by atoms with van der Waals surface area (Å²) < 4.78 is 39.5. The summed E-state index contributed by atoms with van der Waals surface area (Å²) in [7, 11) is 0. The number of hydrogen-bond acceptors (Lipinski definition) is 3. The lowest BCUT2D eigenvalue weighted by Crippen LogP contribution is -2.27. The van der Waals surface area contributed by atoms with Gasteiger partial charge in [0.2, 0.25) is 5.91 Å². The van der Waals surface area contributed by atoms with Crippen LogP contribution in [0.5, 0.6) is 0 Å². The predicted molar refractivity (Wildman–Crippen MR) is 76.4 cm³/mol. The molecule has 110 valence electrons. The number of thiophene rings is 1. The van der Waals surface area contributed by atoms with Gasteiger partial charge in [0.15, 0.2) is 17.5 Å². The molecule has 1 amide bonds. The molecule has 0 aliphatic carbocycles. The number of halogens is 3. The molecule has 0 spiro atoms. The van der Waals surface area contributed by atoms with Crippen LogP contribution in [0.15, 0.2) is 29.0 Å². The molecule has 0 radical (unpaired) electrons.